The van der Waals surface area contributed by atoms with Crippen molar-refractivity contribution in [2.75, 3.05) is 18.1 Å². The Morgan fingerprint density at radius 3 is 2.81 bits per heavy atom. The van der Waals surface area contributed by atoms with E-state index in [1.807, 2.05) is 36.3 Å². The molecule has 0 bridgehead atoms. The Morgan fingerprint density at radius 1 is 1.12 bits per heavy atom. The highest BCUT2D eigenvalue weighted by Crippen LogP contribution is 2.24. The monoisotopic (exact) mass is 432 g/mol. The minimum Gasteiger partial charge on any atom is -0.394 e. The molecule has 32 heavy (non-hydrogen) atoms. The van der Waals surface area contributed by atoms with Crippen LogP contribution >= 0.6 is 0 Å². The SMILES string of the molecule is Cc1nc2cnc(Cc3ccnc(N4CCc5cnn(CCO)c5C4)n3)cc2n1C(C)C. The number of aliphatic hydroxyl groups excluding tert-OH is 1. The number of fused-ring (bicyclic) bond motifs is 2. The smallest absolute Gasteiger partial charge is 0.225 e. The van der Waals surface area contributed by atoms with Crippen molar-refractivity contribution in [1.29, 1.82) is 0 Å². The number of hydrogen-bond acceptors (Lipinski definition) is 7. The van der Waals surface area contributed by atoms with Crippen LogP contribution in [0.25, 0.3) is 11.0 Å². The summed E-state index contributed by atoms with van der Waals surface area (Å²) in [5.74, 6) is 1.72. The lowest BCUT2D eigenvalue weighted by molar-refractivity contribution is 0.267. The highest BCUT2D eigenvalue weighted by molar-refractivity contribution is 5.75. The summed E-state index contributed by atoms with van der Waals surface area (Å²) in [4.78, 5) is 20.8. The first-order valence-electron chi connectivity index (χ1n) is 11.1. The van der Waals surface area contributed by atoms with Gasteiger partial charge < -0.3 is 14.6 Å². The average molecular weight is 433 g/mol. The Balaban J connectivity index is 1.39. The quantitative estimate of drug-likeness (QED) is 0.500. The standard InChI is InChI=1S/C23H28N8O/c1-15(2)31-16(3)27-20-13-25-19(11-21(20)31)10-18-4-6-24-23(28-18)29-7-5-17-12-26-30(8-9-32)22(17)14-29/h4,6,11-13,15,32H,5,7-10,14H2,1-3H3. The molecule has 0 fully saturated rings. The van der Waals surface area contributed by atoms with Crippen molar-refractivity contribution in [2.45, 2.75) is 52.7 Å². The normalized spacial score (nSPS) is 13.8. The fraction of sp³-hybridized carbons (Fsp3) is 0.435. The Labute approximate surface area is 186 Å². The molecule has 4 aromatic heterocycles. The van der Waals surface area contributed by atoms with Gasteiger partial charge in [-0.1, -0.05) is 0 Å². The van der Waals surface area contributed by atoms with Crippen molar-refractivity contribution in [2.24, 2.45) is 0 Å². The van der Waals surface area contributed by atoms with E-state index in [-0.39, 0.29) is 6.61 Å². The van der Waals surface area contributed by atoms with Gasteiger partial charge in [0.2, 0.25) is 5.95 Å². The lowest BCUT2D eigenvalue weighted by atomic mass is 10.1. The molecule has 5 heterocycles. The maximum absolute atomic E-state index is 9.30. The average Bonchev–Trinajstić information content (AvgIpc) is 3.33. The van der Waals surface area contributed by atoms with Gasteiger partial charge in [0, 0.05) is 30.9 Å². The number of hydrogen-bond donors (Lipinski definition) is 1. The summed E-state index contributed by atoms with van der Waals surface area (Å²) in [6, 6.07) is 4.41. The molecule has 0 aliphatic carbocycles. The second-order valence-electron chi connectivity index (χ2n) is 8.55. The third-order valence-electron chi connectivity index (χ3n) is 6.01. The molecule has 9 nitrogen and oxygen atoms in total. The van der Waals surface area contributed by atoms with Crippen molar-refractivity contribution in [3.8, 4) is 0 Å². The molecule has 4 aromatic rings. The minimum atomic E-state index is 0.0761. The molecule has 0 spiro atoms. The summed E-state index contributed by atoms with van der Waals surface area (Å²) in [7, 11) is 0. The van der Waals surface area contributed by atoms with E-state index < -0.39 is 0 Å². The molecule has 0 aromatic carbocycles. The van der Waals surface area contributed by atoms with Crippen molar-refractivity contribution < 1.29 is 5.11 Å². The zero-order valence-corrected chi connectivity index (χ0v) is 18.7. The maximum Gasteiger partial charge on any atom is 0.225 e. The van der Waals surface area contributed by atoms with Crippen LogP contribution in [-0.2, 0) is 25.9 Å². The Morgan fingerprint density at radius 2 is 2.00 bits per heavy atom. The van der Waals surface area contributed by atoms with Crippen LogP contribution in [0.1, 0.15) is 48.4 Å². The number of aliphatic hydroxyl groups is 1. The Hall–Kier alpha value is -3.33. The van der Waals surface area contributed by atoms with Crippen molar-refractivity contribution in [3.05, 3.63) is 59.2 Å². The first-order valence-corrected chi connectivity index (χ1v) is 11.1. The number of aryl methyl sites for hydroxylation is 1. The molecule has 1 N–H and O–H groups in total. The molecule has 1 aliphatic heterocycles. The largest absolute Gasteiger partial charge is 0.394 e. The van der Waals surface area contributed by atoms with Gasteiger partial charge in [-0.25, -0.2) is 15.0 Å². The van der Waals surface area contributed by atoms with E-state index in [4.69, 9.17) is 4.98 Å². The van der Waals surface area contributed by atoms with Crippen molar-refractivity contribution in [1.82, 2.24) is 34.3 Å². The van der Waals surface area contributed by atoms with E-state index >= 15 is 0 Å². The molecule has 1 aliphatic rings. The third kappa shape index (κ3) is 3.73. The van der Waals surface area contributed by atoms with Gasteiger partial charge in [0.05, 0.1) is 49.0 Å². The molecule has 0 saturated carbocycles. The van der Waals surface area contributed by atoms with Crippen LogP contribution in [0.4, 0.5) is 5.95 Å². The van der Waals surface area contributed by atoms with Gasteiger partial charge in [0.15, 0.2) is 0 Å². The van der Waals surface area contributed by atoms with Crippen LogP contribution in [0.5, 0.6) is 0 Å². The number of nitrogens with zero attached hydrogens (tertiary/aromatic N) is 8. The zero-order chi connectivity index (χ0) is 22.2. The molecule has 9 heteroatoms. The molecular formula is C23H28N8O. The molecule has 0 amide bonds. The number of anilines is 1. The summed E-state index contributed by atoms with van der Waals surface area (Å²) >= 11 is 0. The molecule has 0 radical (unpaired) electrons. The van der Waals surface area contributed by atoms with Gasteiger partial charge in [-0.2, -0.15) is 5.10 Å². The topological polar surface area (TPSA) is 97.8 Å². The predicted molar refractivity (Wildman–Crippen MR) is 122 cm³/mol. The second kappa shape index (κ2) is 8.31. The molecule has 0 atom stereocenters. The summed E-state index contributed by atoms with van der Waals surface area (Å²) in [5, 5.41) is 13.7. The van der Waals surface area contributed by atoms with E-state index in [1.165, 1.54) is 5.56 Å². The van der Waals surface area contributed by atoms with Crippen LogP contribution in [-0.4, -0.2) is 52.5 Å². The molecule has 5 rings (SSSR count). The lowest BCUT2D eigenvalue weighted by Gasteiger charge is -2.27. The van der Waals surface area contributed by atoms with Crippen LogP contribution in [0.2, 0.25) is 0 Å². The van der Waals surface area contributed by atoms with Crippen LogP contribution in [0.3, 0.4) is 0 Å². The van der Waals surface area contributed by atoms with Gasteiger partial charge in [0.1, 0.15) is 11.3 Å². The minimum absolute atomic E-state index is 0.0761. The van der Waals surface area contributed by atoms with E-state index in [2.05, 4.69) is 49.4 Å². The van der Waals surface area contributed by atoms with Crippen LogP contribution < -0.4 is 4.90 Å². The van der Waals surface area contributed by atoms with E-state index in [1.54, 1.807) is 0 Å². The lowest BCUT2D eigenvalue weighted by Crippen LogP contribution is -2.33. The summed E-state index contributed by atoms with van der Waals surface area (Å²) in [5.41, 5.74) is 6.29. The van der Waals surface area contributed by atoms with Gasteiger partial charge in [0.25, 0.3) is 0 Å². The Kier molecular flexibility index (Phi) is 5.34. The number of imidazole rings is 1. The number of pyridine rings is 1. The molecule has 0 unspecified atom stereocenters. The summed E-state index contributed by atoms with van der Waals surface area (Å²) in [6.07, 6.45) is 7.11. The molecular weight excluding hydrogens is 404 g/mol. The first-order chi connectivity index (χ1) is 15.5. The predicted octanol–water partition coefficient (Wildman–Crippen LogP) is 2.45. The highest BCUT2D eigenvalue weighted by Gasteiger charge is 2.22. The second-order valence-corrected chi connectivity index (χ2v) is 8.55. The van der Waals surface area contributed by atoms with E-state index in [0.29, 0.717) is 31.5 Å². The number of rotatable bonds is 6. The maximum atomic E-state index is 9.30. The first kappa shape index (κ1) is 20.6. The Bertz CT molecular complexity index is 1260. The molecule has 166 valence electrons. The highest BCUT2D eigenvalue weighted by atomic mass is 16.3. The van der Waals surface area contributed by atoms with E-state index in [0.717, 1.165) is 46.9 Å². The number of aromatic nitrogens is 7. The summed E-state index contributed by atoms with van der Waals surface area (Å²) in [6.45, 7) is 8.49. The van der Waals surface area contributed by atoms with Gasteiger partial charge >= 0.3 is 0 Å². The van der Waals surface area contributed by atoms with Gasteiger partial charge in [-0.3, -0.25) is 9.67 Å². The third-order valence-corrected chi connectivity index (χ3v) is 6.01. The van der Waals surface area contributed by atoms with Crippen molar-refractivity contribution >= 4 is 17.0 Å². The van der Waals surface area contributed by atoms with Crippen LogP contribution in [0.15, 0.2) is 30.7 Å². The summed E-state index contributed by atoms with van der Waals surface area (Å²) < 4.78 is 4.12. The van der Waals surface area contributed by atoms with Crippen molar-refractivity contribution in [3.63, 3.8) is 0 Å². The van der Waals surface area contributed by atoms with Crippen LogP contribution in [0, 0.1) is 6.92 Å². The zero-order valence-electron chi connectivity index (χ0n) is 18.7. The molecule has 0 saturated heterocycles. The van der Waals surface area contributed by atoms with E-state index in [9.17, 15) is 5.11 Å². The fourth-order valence-electron chi connectivity index (χ4n) is 4.55. The van der Waals surface area contributed by atoms with Gasteiger partial charge in [-0.15, -0.1) is 0 Å². The fourth-order valence-corrected chi connectivity index (χ4v) is 4.55. The van der Waals surface area contributed by atoms with Gasteiger partial charge in [-0.05, 0) is 44.9 Å².